The van der Waals surface area contributed by atoms with Crippen LogP contribution in [0, 0.1) is 5.92 Å². The Kier molecular flexibility index (Phi) is 6.71. The second kappa shape index (κ2) is 8.54. The van der Waals surface area contributed by atoms with E-state index in [-0.39, 0.29) is 11.9 Å². The van der Waals surface area contributed by atoms with E-state index in [4.69, 9.17) is 11.6 Å². The molecule has 2 N–H and O–H groups in total. The SMILES string of the molecule is CC(C)C(NCC(=O)NC1CCCCC1)c1ccc(Cl)cc1. The van der Waals surface area contributed by atoms with E-state index >= 15 is 0 Å². The number of hydrogen-bond acceptors (Lipinski definition) is 2. The molecule has 2 rings (SSSR count). The first kappa shape index (κ1) is 17.3. The Bertz CT molecular complexity index is 466. The highest BCUT2D eigenvalue weighted by molar-refractivity contribution is 6.30. The number of rotatable bonds is 6. The Labute approximate surface area is 138 Å². The highest BCUT2D eigenvalue weighted by Gasteiger charge is 2.19. The number of hydrogen-bond donors (Lipinski definition) is 2. The number of amides is 1. The topological polar surface area (TPSA) is 41.1 Å². The zero-order valence-corrected chi connectivity index (χ0v) is 14.3. The fourth-order valence-electron chi connectivity index (χ4n) is 3.14. The average molecular weight is 323 g/mol. The van der Waals surface area contributed by atoms with E-state index in [2.05, 4.69) is 24.5 Å². The van der Waals surface area contributed by atoms with Crippen LogP contribution < -0.4 is 10.6 Å². The maximum absolute atomic E-state index is 12.1. The first-order valence-corrected chi connectivity index (χ1v) is 8.72. The normalized spacial score (nSPS) is 17.5. The fraction of sp³-hybridized carbons (Fsp3) is 0.611. The van der Waals surface area contributed by atoms with E-state index < -0.39 is 0 Å². The van der Waals surface area contributed by atoms with Gasteiger partial charge in [0, 0.05) is 17.1 Å². The summed E-state index contributed by atoms with van der Waals surface area (Å²) in [5, 5.41) is 7.28. The van der Waals surface area contributed by atoms with E-state index in [0.717, 1.165) is 17.9 Å². The number of carbonyl (C=O) groups is 1. The van der Waals surface area contributed by atoms with Crippen molar-refractivity contribution >= 4 is 17.5 Å². The zero-order valence-electron chi connectivity index (χ0n) is 13.6. The van der Waals surface area contributed by atoms with E-state index in [1.807, 2.05) is 24.3 Å². The van der Waals surface area contributed by atoms with Gasteiger partial charge in [-0.2, -0.15) is 0 Å². The molecule has 1 unspecified atom stereocenters. The van der Waals surface area contributed by atoms with Crippen LogP contribution >= 0.6 is 11.6 Å². The standard InChI is InChI=1S/C18H27ClN2O/c1-13(2)18(14-8-10-15(19)11-9-14)20-12-17(22)21-16-6-4-3-5-7-16/h8-11,13,16,18,20H,3-7,12H2,1-2H3,(H,21,22). The number of nitrogens with one attached hydrogen (secondary N) is 2. The maximum Gasteiger partial charge on any atom is 0.234 e. The third kappa shape index (κ3) is 5.29. The largest absolute Gasteiger partial charge is 0.352 e. The predicted molar refractivity (Wildman–Crippen MR) is 92.0 cm³/mol. The highest BCUT2D eigenvalue weighted by Crippen LogP contribution is 2.23. The van der Waals surface area contributed by atoms with Crippen LogP contribution in [0.3, 0.4) is 0 Å². The average Bonchev–Trinajstić information content (AvgIpc) is 2.50. The molecule has 0 aliphatic heterocycles. The van der Waals surface area contributed by atoms with Crippen LogP contribution in [0.1, 0.15) is 57.6 Å². The minimum Gasteiger partial charge on any atom is -0.352 e. The molecule has 3 nitrogen and oxygen atoms in total. The van der Waals surface area contributed by atoms with E-state index in [9.17, 15) is 4.79 Å². The van der Waals surface area contributed by atoms with Gasteiger partial charge in [-0.15, -0.1) is 0 Å². The smallest absolute Gasteiger partial charge is 0.234 e. The monoisotopic (exact) mass is 322 g/mol. The molecule has 0 aromatic heterocycles. The molecule has 1 aliphatic rings. The summed E-state index contributed by atoms with van der Waals surface area (Å²) in [6.45, 7) is 4.68. The fourth-order valence-corrected chi connectivity index (χ4v) is 3.26. The van der Waals surface area contributed by atoms with Crippen LogP contribution in [0.5, 0.6) is 0 Å². The van der Waals surface area contributed by atoms with Gasteiger partial charge in [-0.1, -0.05) is 56.8 Å². The molecule has 1 saturated carbocycles. The van der Waals surface area contributed by atoms with Crippen molar-refractivity contribution in [1.82, 2.24) is 10.6 Å². The Balaban J connectivity index is 1.85. The third-order valence-corrected chi connectivity index (χ3v) is 4.60. The maximum atomic E-state index is 12.1. The van der Waals surface area contributed by atoms with Crippen molar-refractivity contribution in [2.75, 3.05) is 6.54 Å². The van der Waals surface area contributed by atoms with E-state index in [1.54, 1.807) is 0 Å². The van der Waals surface area contributed by atoms with Crippen molar-refractivity contribution in [1.29, 1.82) is 0 Å². The van der Waals surface area contributed by atoms with Gasteiger partial charge in [-0.05, 0) is 36.5 Å². The summed E-state index contributed by atoms with van der Waals surface area (Å²) in [7, 11) is 0. The minimum atomic E-state index is 0.103. The van der Waals surface area contributed by atoms with Gasteiger partial charge in [-0.3, -0.25) is 4.79 Å². The minimum absolute atomic E-state index is 0.103. The second-order valence-electron chi connectivity index (χ2n) is 6.56. The van der Waals surface area contributed by atoms with Gasteiger partial charge in [-0.25, -0.2) is 0 Å². The Morgan fingerprint density at radius 3 is 2.41 bits per heavy atom. The molecule has 22 heavy (non-hydrogen) atoms. The lowest BCUT2D eigenvalue weighted by molar-refractivity contribution is -0.121. The van der Waals surface area contributed by atoms with Crippen LogP contribution in [-0.2, 0) is 4.79 Å². The van der Waals surface area contributed by atoms with Gasteiger partial charge in [0.05, 0.1) is 6.54 Å². The first-order valence-electron chi connectivity index (χ1n) is 8.34. The van der Waals surface area contributed by atoms with Gasteiger partial charge in [0.2, 0.25) is 5.91 Å². The van der Waals surface area contributed by atoms with Crippen molar-refractivity contribution in [3.8, 4) is 0 Å². The molecule has 0 heterocycles. The van der Waals surface area contributed by atoms with Crippen molar-refractivity contribution < 1.29 is 4.79 Å². The summed E-state index contributed by atoms with van der Waals surface area (Å²) in [6, 6.07) is 8.38. The molecular formula is C18H27ClN2O. The molecule has 1 aromatic rings. The first-order chi connectivity index (χ1) is 10.6. The number of halogens is 1. The molecule has 1 aliphatic carbocycles. The van der Waals surface area contributed by atoms with Gasteiger partial charge < -0.3 is 10.6 Å². The summed E-state index contributed by atoms with van der Waals surface area (Å²) >= 11 is 5.95. The molecule has 0 spiro atoms. The van der Waals surface area contributed by atoms with Gasteiger partial charge in [0.25, 0.3) is 0 Å². The van der Waals surface area contributed by atoms with Gasteiger partial charge in [0.15, 0.2) is 0 Å². The molecule has 4 heteroatoms. The molecule has 0 bridgehead atoms. The molecule has 1 aromatic carbocycles. The summed E-state index contributed by atoms with van der Waals surface area (Å²) in [6.07, 6.45) is 6.01. The van der Waals surface area contributed by atoms with Crippen LogP contribution in [0.25, 0.3) is 0 Å². The zero-order chi connectivity index (χ0) is 15.9. The lowest BCUT2D eigenvalue weighted by atomic mass is 9.95. The summed E-state index contributed by atoms with van der Waals surface area (Å²) < 4.78 is 0. The molecule has 0 saturated heterocycles. The molecule has 1 atom stereocenters. The Morgan fingerprint density at radius 1 is 1.18 bits per heavy atom. The summed E-state index contributed by atoms with van der Waals surface area (Å²) in [5.41, 5.74) is 1.17. The summed E-state index contributed by atoms with van der Waals surface area (Å²) in [5.74, 6) is 0.509. The molecule has 122 valence electrons. The number of benzene rings is 1. The quantitative estimate of drug-likeness (QED) is 0.828. The molecular weight excluding hydrogens is 296 g/mol. The van der Waals surface area contributed by atoms with Crippen LogP contribution in [0.4, 0.5) is 0 Å². The van der Waals surface area contributed by atoms with Crippen LogP contribution in [0.2, 0.25) is 5.02 Å². The lowest BCUT2D eigenvalue weighted by Gasteiger charge is -2.25. The van der Waals surface area contributed by atoms with Crippen molar-refractivity contribution in [3.05, 3.63) is 34.9 Å². The third-order valence-electron chi connectivity index (χ3n) is 4.35. The molecule has 1 amide bonds. The van der Waals surface area contributed by atoms with Crippen molar-refractivity contribution in [2.24, 2.45) is 5.92 Å². The predicted octanol–water partition coefficient (Wildman–Crippen LogP) is 4.08. The lowest BCUT2D eigenvalue weighted by Crippen LogP contribution is -2.42. The Hall–Kier alpha value is -1.06. The highest BCUT2D eigenvalue weighted by atomic mass is 35.5. The van der Waals surface area contributed by atoms with Gasteiger partial charge >= 0.3 is 0 Å². The van der Waals surface area contributed by atoms with Crippen molar-refractivity contribution in [3.63, 3.8) is 0 Å². The van der Waals surface area contributed by atoms with Crippen molar-refractivity contribution in [2.45, 2.75) is 58.0 Å². The van der Waals surface area contributed by atoms with Crippen LogP contribution in [-0.4, -0.2) is 18.5 Å². The molecule has 0 radical (unpaired) electrons. The number of carbonyl (C=O) groups excluding carboxylic acids is 1. The molecule has 1 fully saturated rings. The summed E-state index contributed by atoms with van der Waals surface area (Å²) in [4.78, 5) is 12.1. The Morgan fingerprint density at radius 2 is 1.82 bits per heavy atom. The van der Waals surface area contributed by atoms with Crippen LogP contribution in [0.15, 0.2) is 24.3 Å². The van der Waals surface area contributed by atoms with Gasteiger partial charge in [0.1, 0.15) is 0 Å². The second-order valence-corrected chi connectivity index (χ2v) is 6.99. The van der Waals surface area contributed by atoms with E-state index in [1.165, 1.54) is 24.8 Å². The van der Waals surface area contributed by atoms with E-state index in [0.29, 0.717) is 18.5 Å².